The first-order valence-electron chi connectivity index (χ1n) is 11.6. The van der Waals surface area contributed by atoms with E-state index in [-0.39, 0.29) is 17.9 Å². The average molecular weight is 440 g/mol. The van der Waals surface area contributed by atoms with Crippen LogP contribution in [0.5, 0.6) is 0 Å². The molecule has 0 saturated carbocycles. The van der Waals surface area contributed by atoms with Crippen LogP contribution in [0.4, 0.5) is 11.6 Å². The number of nitrogens with zero attached hydrogens (tertiary/aromatic N) is 3. The minimum Gasteiger partial charge on any atom is -0.378 e. The van der Waals surface area contributed by atoms with E-state index in [0.717, 1.165) is 18.7 Å². The molecule has 4 rings (SSSR count). The average Bonchev–Trinajstić information content (AvgIpc) is 3.32. The Morgan fingerprint density at radius 3 is 2.50 bits per heavy atom. The molecule has 2 fully saturated rings. The van der Waals surface area contributed by atoms with E-state index in [9.17, 15) is 9.59 Å². The van der Waals surface area contributed by atoms with Crippen LogP contribution in [0.1, 0.15) is 36.1 Å². The molecule has 2 aliphatic heterocycles. The molecule has 172 valence electrons. The number of aromatic amines is 1. The Kier molecular flexibility index (Phi) is 7.55. The topological polar surface area (TPSA) is 90.6 Å². The summed E-state index contributed by atoms with van der Waals surface area (Å²) in [5.41, 5.74) is 3.13. The highest BCUT2D eigenvalue weighted by Gasteiger charge is 2.17. The molecule has 1 aromatic heterocycles. The molecule has 32 heavy (non-hydrogen) atoms. The zero-order valence-corrected chi connectivity index (χ0v) is 18.9. The number of hydrogen-bond donors (Lipinski definition) is 2. The van der Waals surface area contributed by atoms with Crippen molar-refractivity contribution in [2.24, 2.45) is 0 Å². The maximum Gasteiger partial charge on any atom is 0.255 e. The second kappa shape index (κ2) is 10.7. The van der Waals surface area contributed by atoms with Crippen molar-refractivity contribution in [2.45, 2.75) is 39.0 Å². The first kappa shape index (κ1) is 22.5. The van der Waals surface area contributed by atoms with Crippen LogP contribution in [0.25, 0.3) is 0 Å². The van der Waals surface area contributed by atoms with Crippen molar-refractivity contribution in [3.8, 4) is 0 Å². The van der Waals surface area contributed by atoms with Crippen molar-refractivity contribution in [1.82, 2.24) is 14.9 Å². The standard InChI is InChI=1S/C24H33N5O3/c1-18-21(23(31)27-24(25-18)29-14-16-32-17-15-29)8-9-22(30)26-20-6-4-19(5-7-20)10-13-28-11-2-3-12-28/h4-7H,2-3,8-17H2,1H3,(H,26,30)(H,25,27,31). The van der Waals surface area contributed by atoms with Gasteiger partial charge in [0, 0.05) is 43.0 Å². The van der Waals surface area contributed by atoms with Crippen LogP contribution in [0, 0.1) is 6.92 Å². The summed E-state index contributed by atoms with van der Waals surface area (Å²) < 4.78 is 5.35. The Bertz CT molecular complexity index is 961. The van der Waals surface area contributed by atoms with E-state index >= 15 is 0 Å². The number of morpholine rings is 1. The van der Waals surface area contributed by atoms with Gasteiger partial charge in [-0.25, -0.2) is 4.98 Å². The molecular formula is C24H33N5O3. The van der Waals surface area contributed by atoms with E-state index in [4.69, 9.17) is 4.74 Å². The Hall–Kier alpha value is -2.71. The maximum atomic E-state index is 12.6. The van der Waals surface area contributed by atoms with Crippen molar-refractivity contribution in [3.63, 3.8) is 0 Å². The fourth-order valence-corrected chi connectivity index (χ4v) is 4.33. The van der Waals surface area contributed by atoms with Gasteiger partial charge in [-0.05, 0) is 63.4 Å². The molecule has 1 amide bonds. The molecular weight excluding hydrogens is 406 g/mol. The molecule has 3 heterocycles. The molecule has 0 atom stereocenters. The van der Waals surface area contributed by atoms with Crippen LogP contribution in [0.15, 0.2) is 29.1 Å². The molecule has 0 aliphatic carbocycles. The summed E-state index contributed by atoms with van der Waals surface area (Å²) in [5, 5.41) is 2.93. The van der Waals surface area contributed by atoms with Gasteiger partial charge in [0.15, 0.2) is 0 Å². The third-order valence-corrected chi connectivity index (χ3v) is 6.28. The van der Waals surface area contributed by atoms with Crippen molar-refractivity contribution in [2.75, 3.05) is 56.2 Å². The van der Waals surface area contributed by atoms with Crippen molar-refractivity contribution >= 4 is 17.5 Å². The number of likely N-dealkylation sites (tertiary alicyclic amines) is 1. The highest BCUT2D eigenvalue weighted by Crippen LogP contribution is 2.14. The van der Waals surface area contributed by atoms with E-state index in [1.165, 1.54) is 31.5 Å². The highest BCUT2D eigenvalue weighted by molar-refractivity contribution is 5.90. The number of amides is 1. The number of benzene rings is 1. The molecule has 0 spiro atoms. The van der Waals surface area contributed by atoms with Gasteiger partial charge in [0.1, 0.15) is 0 Å². The Labute approximate surface area is 189 Å². The van der Waals surface area contributed by atoms with Gasteiger partial charge in [-0.15, -0.1) is 0 Å². The monoisotopic (exact) mass is 439 g/mol. The lowest BCUT2D eigenvalue weighted by atomic mass is 10.1. The number of H-pyrrole nitrogens is 1. The summed E-state index contributed by atoms with van der Waals surface area (Å²) in [7, 11) is 0. The quantitative estimate of drug-likeness (QED) is 0.655. The van der Waals surface area contributed by atoms with Gasteiger partial charge < -0.3 is 19.9 Å². The van der Waals surface area contributed by atoms with Gasteiger partial charge in [0.05, 0.1) is 13.2 Å². The second-order valence-corrected chi connectivity index (χ2v) is 8.60. The summed E-state index contributed by atoms with van der Waals surface area (Å²) in [6, 6.07) is 8.06. The minimum absolute atomic E-state index is 0.106. The number of rotatable bonds is 8. The molecule has 0 bridgehead atoms. The summed E-state index contributed by atoms with van der Waals surface area (Å²) >= 11 is 0. The summed E-state index contributed by atoms with van der Waals surface area (Å²) in [6.45, 7) is 8.02. The summed E-state index contributed by atoms with van der Waals surface area (Å²) in [6.07, 6.45) is 4.25. The molecule has 0 unspecified atom stereocenters. The van der Waals surface area contributed by atoms with Crippen molar-refractivity contribution in [3.05, 3.63) is 51.4 Å². The number of aryl methyl sites for hydroxylation is 1. The predicted molar refractivity (Wildman–Crippen MR) is 125 cm³/mol. The largest absolute Gasteiger partial charge is 0.378 e. The summed E-state index contributed by atoms with van der Waals surface area (Å²) in [4.78, 5) is 37.0. The van der Waals surface area contributed by atoms with E-state index < -0.39 is 0 Å². The van der Waals surface area contributed by atoms with Crippen LogP contribution < -0.4 is 15.8 Å². The molecule has 0 radical (unpaired) electrons. The molecule has 2 aliphatic rings. The minimum atomic E-state index is -0.172. The molecule has 2 saturated heterocycles. The third-order valence-electron chi connectivity index (χ3n) is 6.28. The van der Waals surface area contributed by atoms with Gasteiger partial charge in [-0.3, -0.25) is 14.6 Å². The number of ether oxygens (including phenoxy) is 1. The lowest BCUT2D eigenvalue weighted by Gasteiger charge is -2.27. The SMILES string of the molecule is Cc1nc(N2CCOCC2)[nH]c(=O)c1CCC(=O)Nc1ccc(CCN2CCCC2)cc1. The Morgan fingerprint density at radius 2 is 1.81 bits per heavy atom. The number of carbonyl (C=O) groups is 1. The number of nitrogens with one attached hydrogen (secondary N) is 2. The van der Waals surface area contributed by atoms with Crippen LogP contribution in [0.3, 0.4) is 0 Å². The smallest absolute Gasteiger partial charge is 0.255 e. The van der Waals surface area contributed by atoms with E-state index in [1.807, 2.05) is 24.0 Å². The molecule has 1 aromatic carbocycles. The van der Waals surface area contributed by atoms with Crippen LogP contribution >= 0.6 is 0 Å². The fraction of sp³-hybridized carbons (Fsp3) is 0.542. The van der Waals surface area contributed by atoms with E-state index in [2.05, 4.69) is 32.3 Å². The lowest BCUT2D eigenvalue weighted by Crippen LogP contribution is -2.38. The van der Waals surface area contributed by atoms with Crippen molar-refractivity contribution in [1.29, 1.82) is 0 Å². The number of aromatic nitrogens is 2. The van der Waals surface area contributed by atoms with Gasteiger partial charge in [-0.1, -0.05) is 12.1 Å². The first-order valence-corrected chi connectivity index (χ1v) is 11.6. The van der Waals surface area contributed by atoms with Gasteiger partial charge in [-0.2, -0.15) is 0 Å². The third kappa shape index (κ3) is 5.95. The zero-order valence-electron chi connectivity index (χ0n) is 18.9. The van der Waals surface area contributed by atoms with Gasteiger partial charge >= 0.3 is 0 Å². The first-order chi connectivity index (χ1) is 15.6. The lowest BCUT2D eigenvalue weighted by molar-refractivity contribution is -0.116. The number of hydrogen-bond acceptors (Lipinski definition) is 6. The highest BCUT2D eigenvalue weighted by atomic mass is 16.5. The number of anilines is 2. The van der Waals surface area contributed by atoms with Gasteiger partial charge in [0.2, 0.25) is 11.9 Å². The normalized spacial score (nSPS) is 17.0. The van der Waals surface area contributed by atoms with Crippen LogP contribution in [-0.2, 0) is 22.4 Å². The molecule has 8 heteroatoms. The van der Waals surface area contributed by atoms with Crippen LogP contribution in [-0.4, -0.2) is 66.7 Å². The molecule has 2 aromatic rings. The zero-order chi connectivity index (χ0) is 22.3. The summed E-state index contributed by atoms with van der Waals surface area (Å²) in [5.74, 6) is 0.472. The van der Waals surface area contributed by atoms with Crippen LogP contribution in [0.2, 0.25) is 0 Å². The predicted octanol–water partition coefficient (Wildman–Crippen LogP) is 2.12. The van der Waals surface area contributed by atoms with Crippen molar-refractivity contribution < 1.29 is 9.53 Å². The van der Waals surface area contributed by atoms with Gasteiger partial charge in [0.25, 0.3) is 5.56 Å². The Morgan fingerprint density at radius 1 is 1.09 bits per heavy atom. The number of carbonyl (C=O) groups excluding carboxylic acids is 1. The Balaban J connectivity index is 1.27. The fourth-order valence-electron chi connectivity index (χ4n) is 4.33. The van der Waals surface area contributed by atoms with E-state index in [1.54, 1.807) is 0 Å². The molecule has 8 nitrogen and oxygen atoms in total. The van der Waals surface area contributed by atoms with E-state index in [0.29, 0.717) is 49.9 Å². The molecule has 2 N–H and O–H groups in total. The maximum absolute atomic E-state index is 12.6. The second-order valence-electron chi connectivity index (χ2n) is 8.60.